The van der Waals surface area contributed by atoms with E-state index in [1.165, 1.54) is 26.2 Å². The number of aromatic nitrogens is 4. The fraction of sp³-hybridized carbons (Fsp3) is 0. The van der Waals surface area contributed by atoms with Gasteiger partial charge in [-0.3, -0.25) is 0 Å². The molecule has 0 atom stereocenters. The molecule has 0 aliphatic carbocycles. The Balaban J connectivity index is 1.15. The molecule has 0 aliphatic heterocycles. The van der Waals surface area contributed by atoms with Gasteiger partial charge in [0.15, 0.2) is 17.5 Å². The SMILES string of the molecule is c1ccc(-c2nc(-c3ccccc3)nc(-c3cccc(-c4ccc5c(ccc6ccc7sc(-c8ccccc8)nc7c65)c4)c3)n2)cc1. The Morgan fingerprint density at radius 3 is 1.57 bits per heavy atom. The summed E-state index contributed by atoms with van der Waals surface area (Å²) in [5.74, 6) is 1.95. The van der Waals surface area contributed by atoms with Crippen molar-refractivity contribution >= 4 is 43.1 Å². The number of rotatable bonds is 5. The van der Waals surface area contributed by atoms with E-state index in [2.05, 4.69) is 91.0 Å². The van der Waals surface area contributed by atoms with Crippen LogP contribution in [-0.2, 0) is 0 Å². The van der Waals surface area contributed by atoms with Gasteiger partial charge in [-0.05, 0) is 45.5 Å². The van der Waals surface area contributed by atoms with Crippen molar-refractivity contribution in [2.45, 2.75) is 0 Å². The lowest BCUT2D eigenvalue weighted by atomic mass is 9.96. The minimum atomic E-state index is 0.645. The quantitative estimate of drug-likeness (QED) is 0.180. The van der Waals surface area contributed by atoms with E-state index < -0.39 is 0 Å². The van der Waals surface area contributed by atoms with Crippen LogP contribution in [0.2, 0.25) is 0 Å². The summed E-state index contributed by atoms with van der Waals surface area (Å²) in [7, 11) is 0. The molecule has 0 N–H and O–H groups in total. The summed E-state index contributed by atoms with van der Waals surface area (Å²) >= 11 is 1.74. The maximum Gasteiger partial charge on any atom is 0.164 e. The smallest absolute Gasteiger partial charge is 0.164 e. The maximum absolute atomic E-state index is 5.14. The zero-order chi connectivity index (χ0) is 31.2. The number of nitrogens with zero attached hydrogens (tertiary/aromatic N) is 4. The van der Waals surface area contributed by atoms with Crippen molar-refractivity contribution in [2.24, 2.45) is 0 Å². The fourth-order valence-corrected chi connectivity index (χ4v) is 7.18. The minimum Gasteiger partial charge on any atom is -0.235 e. The standard InChI is InChI=1S/C42H26N4S/c1-4-11-28(12-5-1)39-44-40(29-13-6-2-7-14-29)46-41(45-39)34-18-10-17-31(26-34)32-21-23-35-33(25-32)20-19-27-22-24-36-38(37(27)35)43-42(47-36)30-15-8-3-9-16-30/h1-26H. The van der Waals surface area contributed by atoms with Crippen molar-refractivity contribution in [3.05, 3.63) is 158 Å². The van der Waals surface area contributed by atoms with Crippen LogP contribution < -0.4 is 0 Å². The normalized spacial score (nSPS) is 11.4. The molecular weight excluding hydrogens is 593 g/mol. The summed E-state index contributed by atoms with van der Waals surface area (Å²) in [4.78, 5) is 19.9. The molecule has 0 amide bonds. The lowest BCUT2D eigenvalue weighted by Crippen LogP contribution is -2.00. The number of thiazole rings is 1. The first-order valence-corrected chi connectivity index (χ1v) is 16.4. The molecule has 0 saturated carbocycles. The van der Waals surface area contributed by atoms with Gasteiger partial charge in [0, 0.05) is 27.6 Å². The van der Waals surface area contributed by atoms with Gasteiger partial charge in [-0.1, -0.05) is 140 Å². The highest BCUT2D eigenvalue weighted by molar-refractivity contribution is 7.21. The van der Waals surface area contributed by atoms with Crippen LogP contribution >= 0.6 is 11.3 Å². The highest BCUT2D eigenvalue weighted by Crippen LogP contribution is 2.38. The zero-order valence-corrected chi connectivity index (χ0v) is 26.0. The van der Waals surface area contributed by atoms with Crippen molar-refractivity contribution in [3.8, 4) is 55.9 Å². The Labute approximate surface area is 275 Å². The second kappa shape index (κ2) is 11.4. The van der Waals surface area contributed by atoms with E-state index in [1.54, 1.807) is 11.3 Å². The van der Waals surface area contributed by atoms with Gasteiger partial charge in [0.25, 0.3) is 0 Å². The molecule has 220 valence electrons. The number of hydrogen-bond donors (Lipinski definition) is 0. The van der Waals surface area contributed by atoms with Gasteiger partial charge in [0.05, 0.1) is 10.2 Å². The van der Waals surface area contributed by atoms with Crippen molar-refractivity contribution < 1.29 is 0 Å². The molecule has 0 unspecified atom stereocenters. The Morgan fingerprint density at radius 1 is 0.362 bits per heavy atom. The number of benzene rings is 7. The summed E-state index contributed by atoms with van der Waals surface area (Å²) in [6.07, 6.45) is 0. The third-order valence-electron chi connectivity index (χ3n) is 8.53. The maximum atomic E-state index is 5.14. The van der Waals surface area contributed by atoms with Crippen molar-refractivity contribution in [3.63, 3.8) is 0 Å². The van der Waals surface area contributed by atoms with Crippen LogP contribution in [0.3, 0.4) is 0 Å². The summed E-state index contributed by atoms with van der Waals surface area (Å²) in [5, 5.41) is 5.83. The molecule has 47 heavy (non-hydrogen) atoms. The van der Waals surface area contributed by atoms with Crippen LogP contribution in [0, 0.1) is 0 Å². The first-order chi connectivity index (χ1) is 23.3. The molecule has 0 bridgehead atoms. The van der Waals surface area contributed by atoms with E-state index in [-0.39, 0.29) is 0 Å². The molecule has 2 aromatic heterocycles. The summed E-state index contributed by atoms with van der Waals surface area (Å²) in [5.41, 5.74) is 7.29. The zero-order valence-electron chi connectivity index (χ0n) is 25.2. The molecule has 0 fully saturated rings. The second-order valence-electron chi connectivity index (χ2n) is 11.5. The van der Waals surface area contributed by atoms with Gasteiger partial charge in [0.2, 0.25) is 0 Å². The summed E-state index contributed by atoms with van der Waals surface area (Å²) < 4.78 is 1.20. The second-order valence-corrected chi connectivity index (χ2v) is 12.5. The molecule has 0 aliphatic rings. The van der Waals surface area contributed by atoms with Crippen LogP contribution in [0.25, 0.3) is 87.6 Å². The molecule has 5 heteroatoms. The van der Waals surface area contributed by atoms with Gasteiger partial charge >= 0.3 is 0 Å². The average molecular weight is 619 g/mol. The Morgan fingerprint density at radius 2 is 0.894 bits per heavy atom. The average Bonchev–Trinajstić information content (AvgIpc) is 3.60. The van der Waals surface area contributed by atoms with Gasteiger partial charge in [0.1, 0.15) is 5.01 Å². The Kier molecular flexibility index (Phi) is 6.61. The topological polar surface area (TPSA) is 51.6 Å². The monoisotopic (exact) mass is 618 g/mol. The molecule has 2 heterocycles. The molecule has 9 rings (SSSR count). The molecule has 7 aromatic carbocycles. The van der Waals surface area contributed by atoms with Gasteiger partial charge in [-0.25, -0.2) is 19.9 Å². The van der Waals surface area contributed by atoms with E-state index >= 15 is 0 Å². The van der Waals surface area contributed by atoms with Crippen LogP contribution in [0.4, 0.5) is 0 Å². The first kappa shape index (κ1) is 27.3. The van der Waals surface area contributed by atoms with E-state index in [1.807, 2.05) is 66.7 Å². The minimum absolute atomic E-state index is 0.645. The summed E-state index contributed by atoms with van der Waals surface area (Å²) in [6, 6.07) is 54.6. The third-order valence-corrected chi connectivity index (χ3v) is 9.60. The van der Waals surface area contributed by atoms with Crippen LogP contribution in [-0.4, -0.2) is 19.9 Å². The van der Waals surface area contributed by atoms with Crippen LogP contribution in [0.15, 0.2) is 158 Å². The molecule has 0 saturated heterocycles. The van der Waals surface area contributed by atoms with Gasteiger partial charge in [-0.2, -0.15) is 0 Å². The highest BCUT2D eigenvalue weighted by atomic mass is 32.1. The van der Waals surface area contributed by atoms with E-state index in [0.717, 1.165) is 43.9 Å². The fourth-order valence-electron chi connectivity index (χ4n) is 6.20. The first-order valence-electron chi connectivity index (χ1n) is 15.6. The highest BCUT2D eigenvalue weighted by Gasteiger charge is 2.15. The van der Waals surface area contributed by atoms with Gasteiger partial charge < -0.3 is 0 Å². The predicted molar refractivity (Wildman–Crippen MR) is 195 cm³/mol. The van der Waals surface area contributed by atoms with Crippen molar-refractivity contribution in [1.29, 1.82) is 0 Å². The van der Waals surface area contributed by atoms with E-state index in [0.29, 0.717) is 17.5 Å². The van der Waals surface area contributed by atoms with Gasteiger partial charge in [-0.15, -0.1) is 11.3 Å². The lowest BCUT2D eigenvalue weighted by Gasteiger charge is -2.11. The number of fused-ring (bicyclic) bond motifs is 5. The molecule has 0 radical (unpaired) electrons. The molecule has 4 nitrogen and oxygen atoms in total. The van der Waals surface area contributed by atoms with E-state index in [9.17, 15) is 0 Å². The van der Waals surface area contributed by atoms with Crippen molar-refractivity contribution in [1.82, 2.24) is 19.9 Å². The van der Waals surface area contributed by atoms with Crippen LogP contribution in [0.1, 0.15) is 0 Å². The van der Waals surface area contributed by atoms with Crippen LogP contribution in [0.5, 0.6) is 0 Å². The molecule has 0 spiro atoms. The molecular formula is C42H26N4S. The molecule has 9 aromatic rings. The number of hydrogen-bond acceptors (Lipinski definition) is 5. The Hall–Kier alpha value is -6.04. The predicted octanol–water partition coefficient (Wildman–Crippen LogP) is 11.1. The lowest BCUT2D eigenvalue weighted by molar-refractivity contribution is 1.07. The largest absolute Gasteiger partial charge is 0.235 e. The Bertz CT molecular complexity index is 2500. The van der Waals surface area contributed by atoms with E-state index in [4.69, 9.17) is 19.9 Å². The third kappa shape index (κ3) is 5.03. The van der Waals surface area contributed by atoms with Crippen molar-refractivity contribution in [2.75, 3.05) is 0 Å². The summed E-state index contributed by atoms with van der Waals surface area (Å²) in [6.45, 7) is 0.